The Labute approximate surface area is 156 Å². The van der Waals surface area contributed by atoms with Gasteiger partial charge in [-0.1, -0.05) is 11.7 Å². The topological polar surface area (TPSA) is 99.9 Å². The van der Waals surface area contributed by atoms with Gasteiger partial charge in [0.15, 0.2) is 5.65 Å². The molecular formula is C19H22N6O2. The van der Waals surface area contributed by atoms with E-state index >= 15 is 0 Å². The van der Waals surface area contributed by atoms with Gasteiger partial charge in [-0.3, -0.25) is 4.79 Å². The molecule has 1 fully saturated rings. The molecular weight excluding hydrogens is 344 g/mol. The van der Waals surface area contributed by atoms with Gasteiger partial charge in [-0.25, -0.2) is 9.97 Å². The average Bonchev–Trinajstić information content (AvgIpc) is 3.24. The highest BCUT2D eigenvalue weighted by molar-refractivity contribution is 5.92. The molecule has 0 atom stereocenters. The Morgan fingerprint density at radius 2 is 2.19 bits per heavy atom. The van der Waals surface area contributed by atoms with E-state index in [2.05, 4.69) is 27.0 Å². The van der Waals surface area contributed by atoms with Gasteiger partial charge in [0.05, 0.1) is 17.5 Å². The van der Waals surface area contributed by atoms with Crippen LogP contribution < -0.4 is 5.32 Å². The minimum atomic E-state index is -0.00825. The van der Waals surface area contributed by atoms with Crippen LogP contribution in [0.25, 0.3) is 22.3 Å². The van der Waals surface area contributed by atoms with E-state index in [1.165, 1.54) is 6.08 Å². The van der Waals surface area contributed by atoms with E-state index in [1.807, 2.05) is 24.9 Å². The number of H-pyrrole nitrogens is 1. The van der Waals surface area contributed by atoms with Gasteiger partial charge in [-0.05, 0) is 32.8 Å². The van der Waals surface area contributed by atoms with Crippen molar-refractivity contribution in [1.82, 2.24) is 25.0 Å². The van der Waals surface area contributed by atoms with Crippen LogP contribution in [0.3, 0.4) is 0 Å². The molecule has 3 aromatic rings. The van der Waals surface area contributed by atoms with E-state index in [0.717, 1.165) is 52.4 Å². The number of aromatic amines is 1. The largest absolute Gasteiger partial charge is 0.366 e. The second-order valence-corrected chi connectivity index (χ2v) is 6.80. The standard InChI is InChI=1S/C19H22N6O2/c1-4-16(26)25-7-5-13(6-8-25)22-15-10-21-19-18(23-15)14(9-20-19)17-11(2)24-27-12(17)3/h4,9-10,13H,1,5-8H2,2-3H3,(H,20,21)(H,22,23). The molecule has 4 heterocycles. The summed E-state index contributed by atoms with van der Waals surface area (Å²) in [4.78, 5) is 25.9. The summed E-state index contributed by atoms with van der Waals surface area (Å²) in [6.07, 6.45) is 6.72. The number of nitrogens with one attached hydrogen (secondary N) is 2. The number of carbonyl (C=O) groups is 1. The first-order chi connectivity index (χ1) is 13.1. The summed E-state index contributed by atoms with van der Waals surface area (Å²) in [6, 6.07) is 0.257. The third-order valence-electron chi connectivity index (χ3n) is 5.02. The molecule has 1 aliphatic rings. The Hall–Kier alpha value is -3.16. The van der Waals surface area contributed by atoms with Crippen molar-refractivity contribution in [3.63, 3.8) is 0 Å². The van der Waals surface area contributed by atoms with Crippen LogP contribution in [0.1, 0.15) is 24.3 Å². The molecule has 0 saturated carbocycles. The lowest BCUT2D eigenvalue weighted by atomic mass is 10.0. The Morgan fingerprint density at radius 3 is 2.85 bits per heavy atom. The molecule has 0 unspecified atom stereocenters. The number of nitrogens with zero attached hydrogens (tertiary/aromatic N) is 4. The molecule has 4 rings (SSSR count). The molecule has 2 N–H and O–H groups in total. The van der Waals surface area contributed by atoms with Gasteiger partial charge in [0, 0.05) is 30.9 Å². The van der Waals surface area contributed by atoms with Crippen LogP contribution in [0.15, 0.2) is 29.6 Å². The summed E-state index contributed by atoms with van der Waals surface area (Å²) >= 11 is 0. The molecule has 3 aromatic heterocycles. The second-order valence-electron chi connectivity index (χ2n) is 6.80. The van der Waals surface area contributed by atoms with Crippen molar-refractivity contribution in [1.29, 1.82) is 0 Å². The maximum Gasteiger partial charge on any atom is 0.245 e. The molecule has 0 aromatic carbocycles. The molecule has 1 aliphatic heterocycles. The van der Waals surface area contributed by atoms with E-state index in [4.69, 9.17) is 9.51 Å². The molecule has 8 heteroatoms. The molecule has 0 radical (unpaired) electrons. The van der Waals surface area contributed by atoms with Crippen LogP contribution in [0.2, 0.25) is 0 Å². The van der Waals surface area contributed by atoms with Crippen molar-refractivity contribution >= 4 is 22.9 Å². The first kappa shape index (κ1) is 17.3. The molecule has 1 saturated heterocycles. The monoisotopic (exact) mass is 366 g/mol. The van der Waals surface area contributed by atoms with E-state index in [-0.39, 0.29) is 11.9 Å². The normalized spacial score (nSPS) is 15.3. The maximum atomic E-state index is 11.7. The van der Waals surface area contributed by atoms with Crippen molar-refractivity contribution in [3.8, 4) is 11.1 Å². The third kappa shape index (κ3) is 3.18. The highest BCUT2D eigenvalue weighted by Crippen LogP contribution is 2.32. The Bertz CT molecular complexity index is 977. The SMILES string of the molecule is C=CC(=O)N1CCC(Nc2cnc3[nH]cc(-c4c(C)noc4C)c3n2)CC1. The van der Waals surface area contributed by atoms with Crippen LogP contribution in [-0.2, 0) is 4.79 Å². The van der Waals surface area contributed by atoms with Crippen LogP contribution in [0, 0.1) is 13.8 Å². The quantitative estimate of drug-likeness (QED) is 0.689. The fraction of sp³-hybridized carbons (Fsp3) is 0.368. The number of amides is 1. The van der Waals surface area contributed by atoms with E-state index in [0.29, 0.717) is 13.1 Å². The Balaban J connectivity index is 1.55. The van der Waals surface area contributed by atoms with E-state index < -0.39 is 0 Å². The van der Waals surface area contributed by atoms with Gasteiger partial charge in [0.2, 0.25) is 5.91 Å². The number of aryl methyl sites for hydroxylation is 2. The molecule has 0 aliphatic carbocycles. The van der Waals surface area contributed by atoms with Gasteiger partial charge in [0.1, 0.15) is 17.1 Å². The zero-order chi connectivity index (χ0) is 19.0. The van der Waals surface area contributed by atoms with Gasteiger partial charge in [-0.2, -0.15) is 0 Å². The third-order valence-corrected chi connectivity index (χ3v) is 5.02. The van der Waals surface area contributed by atoms with Crippen LogP contribution in [0.5, 0.6) is 0 Å². The number of anilines is 1. The highest BCUT2D eigenvalue weighted by atomic mass is 16.5. The first-order valence-corrected chi connectivity index (χ1v) is 9.02. The number of likely N-dealkylation sites (tertiary alicyclic amines) is 1. The van der Waals surface area contributed by atoms with E-state index in [9.17, 15) is 4.79 Å². The number of hydrogen-bond acceptors (Lipinski definition) is 6. The molecule has 1 amide bonds. The number of hydrogen-bond donors (Lipinski definition) is 2. The van der Waals surface area contributed by atoms with Gasteiger partial charge < -0.3 is 19.7 Å². The number of piperidine rings is 1. The summed E-state index contributed by atoms with van der Waals surface area (Å²) in [7, 11) is 0. The Kier molecular flexibility index (Phi) is 4.39. The molecule has 140 valence electrons. The first-order valence-electron chi connectivity index (χ1n) is 9.02. The second kappa shape index (κ2) is 6.86. The minimum Gasteiger partial charge on any atom is -0.366 e. The number of rotatable bonds is 4. The average molecular weight is 366 g/mol. The van der Waals surface area contributed by atoms with E-state index in [1.54, 1.807) is 6.20 Å². The molecule has 27 heavy (non-hydrogen) atoms. The van der Waals surface area contributed by atoms with Crippen molar-refractivity contribution in [2.45, 2.75) is 32.7 Å². The highest BCUT2D eigenvalue weighted by Gasteiger charge is 2.22. The fourth-order valence-electron chi connectivity index (χ4n) is 3.60. The van der Waals surface area contributed by atoms with Gasteiger partial charge in [-0.15, -0.1) is 0 Å². The summed E-state index contributed by atoms with van der Waals surface area (Å²) in [5.41, 5.74) is 4.22. The van der Waals surface area contributed by atoms with Crippen molar-refractivity contribution in [3.05, 3.63) is 36.5 Å². The van der Waals surface area contributed by atoms with Crippen LogP contribution in [0.4, 0.5) is 5.82 Å². The van der Waals surface area contributed by atoms with Gasteiger partial charge >= 0.3 is 0 Å². The predicted octanol–water partition coefficient (Wildman–Crippen LogP) is 2.82. The number of carbonyl (C=O) groups excluding carboxylic acids is 1. The zero-order valence-corrected chi connectivity index (χ0v) is 15.5. The fourth-order valence-corrected chi connectivity index (χ4v) is 3.60. The summed E-state index contributed by atoms with van der Waals surface area (Å²) in [6.45, 7) is 8.78. The van der Waals surface area contributed by atoms with Crippen LogP contribution >= 0.6 is 0 Å². The van der Waals surface area contributed by atoms with Gasteiger partial charge in [0.25, 0.3) is 0 Å². The summed E-state index contributed by atoms with van der Waals surface area (Å²) < 4.78 is 5.29. The minimum absolute atomic E-state index is 0.00825. The molecule has 8 nitrogen and oxygen atoms in total. The maximum absolute atomic E-state index is 11.7. The molecule has 0 bridgehead atoms. The number of aromatic nitrogens is 4. The lowest BCUT2D eigenvalue weighted by Crippen LogP contribution is -2.41. The van der Waals surface area contributed by atoms with Crippen molar-refractivity contribution in [2.75, 3.05) is 18.4 Å². The Morgan fingerprint density at radius 1 is 1.41 bits per heavy atom. The smallest absolute Gasteiger partial charge is 0.245 e. The van der Waals surface area contributed by atoms with Crippen molar-refractivity contribution < 1.29 is 9.32 Å². The lowest BCUT2D eigenvalue weighted by Gasteiger charge is -2.31. The molecule has 0 spiro atoms. The number of fused-ring (bicyclic) bond motifs is 1. The lowest BCUT2D eigenvalue weighted by molar-refractivity contribution is -0.126. The van der Waals surface area contributed by atoms with Crippen LogP contribution in [-0.4, -0.2) is 50.0 Å². The van der Waals surface area contributed by atoms with Crippen molar-refractivity contribution in [2.24, 2.45) is 0 Å². The summed E-state index contributed by atoms with van der Waals surface area (Å²) in [5, 5.41) is 7.48. The zero-order valence-electron chi connectivity index (χ0n) is 15.5. The summed E-state index contributed by atoms with van der Waals surface area (Å²) in [5.74, 6) is 1.47. The predicted molar refractivity (Wildman–Crippen MR) is 102 cm³/mol.